The van der Waals surface area contributed by atoms with Crippen molar-refractivity contribution in [2.24, 2.45) is 0 Å². The topological polar surface area (TPSA) is 29.5 Å². The molecular weight excluding hydrogens is 274 g/mol. The normalized spacial score (nSPS) is 17.7. The van der Waals surface area contributed by atoms with Crippen molar-refractivity contribution in [2.75, 3.05) is 19.7 Å². The Labute approximate surface area is 125 Å². The van der Waals surface area contributed by atoms with E-state index in [0.29, 0.717) is 13.0 Å². The molecule has 3 nitrogen and oxygen atoms in total. The minimum Gasteiger partial charge on any atom is -0.466 e. The molecule has 0 spiro atoms. The molecule has 1 unspecified atom stereocenters. The van der Waals surface area contributed by atoms with E-state index in [4.69, 9.17) is 16.3 Å². The van der Waals surface area contributed by atoms with Crippen LogP contribution in [-0.4, -0.2) is 30.6 Å². The molecule has 0 aliphatic carbocycles. The highest BCUT2D eigenvalue weighted by atomic mass is 35.5. The van der Waals surface area contributed by atoms with Crippen molar-refractivity contribution in [1.82, 2.24) is 4.90 Å². The Kier molecular flexibility index (Phi) is 5.86. The molecule has 1 aliphatic rings. The van der Waals surface area contributed by atoms with E-state index in [1.165, 1.54) is 19.3 Å². The molecule has 0 bridgehead atoms. The number of hydrogen-bond donors (Lipinski definition) is 0. The summed E-state index contributed by atoms with van der Waals surface area (Å²) < 4.78 is 5.12. The lowest BCUT2D eigenvalue weighted by Gasteiger charge is -2.34. The van der Waals surface area contributed by atoms with Gasteiger partial charge in [-0.05, 0) is 50.6 Å². The summed E-state index contributed by atoms with van der Waals surface area (Å²) in [5.74, 6) is -0.127. The lowest BCUT2D eigenvalue weighted by Crippen LogP contribution is -2.35. The van der Waals surface area contributed by atoms with Crippen LogP contribution in [0.3, 0.4) is 0 Å². The van der Waals surface area contributed by atoms with E-state index in [2.05, 4.69) is 4.90 Å². The molecule has 1 atom stereocenters. The Morgan fingerprint density at radius 1 is 1.25 bits per heavy atom. The molecule has 4 heteroatoms. The lowest BCUT2D eigenvalue weighted by atomic mass is 9.99. The van der Waals surface area contributed by atoms with Gasteiger partial charge in [-0.25, -0.2) is 0 Å². The number of piperidine rings is 1. The fraction of sp³-hybridized carbons (Fsp3) is 0.562. The second-order valence-corrected chi connectivity index (χ2v) is 5.61. The molecule has 2 rings (SSSR count). The first-order chi connectivity index (χ1) is 9.70. The van der Waals surface area contributed by atoms with E-state index >= 15 is 0 Å². The summed E-state index contributed by atoms with van der Waals surface area (Å²) in [5.41, 5.74) is 1.14. The van der Waals surface area contributed by atoms with Crippen molar-refractivity contribution in [3.63, 3.8) is 0 Å². The molecule has 20 heavy (non-hydrogen) atoms. The zero-order valence-corrected chi connectivity index (χ0v) is 12.7. The zero-order valence-electron chi connectivity index (χ0n) is 12.0. The number of carbonyl (C=O) groups excluding carboxylic acids is 1. The molecule has 0 aromatic heterocycles. The van der Waals surface area contributed by atoms with E-state index in [0.717, 1.165) is 23.7 Å². The number of rotatable bonds is 5. The van der Waals surface area contributed by atoms with Gasteiger partial charge in [0.05, 0.1) is 13.0 Å². The number of esters is 1. The highest BCUT2D eigenvalue weighted by Crippen LogP contribution is 2.28. The first-order valence-electron chi connectivity index (χ1n) is 7.36. The first kappa shape index (κ1) is 15.3. The maximum atomic E-state index is 11.9. The van der Waals surface area contributed by atoms with Crippen LogP contribution in [0.2, 0.25) is 5.02 Å². The van der Waals surface area contributed by atoms with Crippen LogP contribution in [-0.2, 0) is 9.53 Å². The summed E-state index contributed by atoms with van der Waals surface area (Å²) in [7, 11) is 0. The summed E-state index contributed by atoms with van der Waals surface area (Å²) in [6, 6.07) is 7.91. The highest BCUT2D eigenvalue weighted by molar-refractivity contribution is 6.30. The number of benzene rings is 1. The molecule has 1 heterocycles. The Bertz CT molecular complexity index is 427. The number of nitrogens with zero attached hydrogens (tertiary/aromatic N) is 1. The summed E-state index contributed by atoms with van der Waals surface area (Å²) in [6.45, 7) is 4.38. The summed E-state index contributed by atoms with van der Waals surface area (Å²) >= 11 is 5.95. The van der Waals surface area contributed by atoms with Crippen molar-refractivity contribution in [2.45, 2.75) is 38.6 Å². The first-order valence-corrected chi connectivity index (χ1v) is 7.73. The van der Waals surface area contributed by atoms with Crippen LogP contribution in [0.15, 0.2) is 24.3 Å². The molecule has 1 aromatic carbocycles. The highest BCUT2D eigenvalue weighted by Gasteiger charge is 2.25. The van der Waals surface area contributed by atoms with Crippen LogP contribution in [0.25, 0.3) is 0 Å². The van der Waals surface area contributed by atoms with Crippen molar-refractivity contribution >= 4 is 17.6 Å². The third kappa shape index (κ3) is 4.22. The fourth-order valence-corrected chi connectivity index (χ4v) is 2.88. The van der Waals surface area contributed by atoms with Gasteiger partial charge in [-0.3, -0.25) is 9.69 Å². The zero-order chi connectivity index (χ0) is 14.4. The van der Waals surface area contributed by atoms with Crippen LogP contribution in [0.5, 0.6) is 0 Å². The Hall–Kier alpha value is -1.06. The molecule has 0 saturated carbocycles. The summed E-state index contributed by atoms with van der Waals surface area (Å²) in [5, 5.41) is 0.724. The lowest BCUT2D eigenvalue weighted by molar-refractivity contribution is -0.144. The Morgan fingerprint density at radius 2 is 1.90 bits per heavy atom. The minimum absolute atomic E-state index is 0.103. The van der Waals surface area contributed by atoms with Gasteiger partial charge in [0.2, 0.25) is 0 Å². The average molecular weight is 296 g/mol. The van der Waals surface area contributed by atoms with Crippen LogP contribution in [0.1, 0.15) is 44.2 Å². The van der Waals surface area contributed by atoms with Crippen molar-refractivity contribution < 1.29 is 9.53 Å². The van der Waals surface area contributed by atoms with Gasteiger partial charge in [0, 0.05) is 11.1 Å². The molecular formula is C16H22ClNO2. The van der Waals surface area contributed by atoms with Crippen LogP contribution >= 0.6 is 11.6 Å². The molecule has 0 N–H and O–H groups in total. The van der Waals surface area contributed by atoms with E-state index in [1.54, 1.807) is 0 Å². The summed E-state index contributed by atoms with van der Waals surface area (Å²) in [6.07, 6.45) is 4.10. The predicted molar refractivity (Wildman–Crippen MR) is 80.9 cm³/mol. The van der Waals surface area contributed by atoms with E-state index in [-0.39, 0.29) is 12.0 Å². The predicted octanol–water partition coefficient (Wildman–Crippen LogP) is 3.82. The van der Waals surface area contributed by atoms with Crippen molar-refractivity contribution in [3.05, 3.63) is 34.9 Å². The molecule has 1 fully saturated rings. The minimum atomic E-state index is -0.127. The van der Waals surface area contributed by atoms with Crippen molar-refractivity contribution in [1.29, 1.82) is 0 Å². The molecule has 110 valence electrons. The number of hydrogen-bond acceptors (Lipinski definition) is 3. The standard InChI is InChI=1S/C16H22ClNO2/c1-2-20-16(19)12-15(18-10-4-3-5-11-18)13-6-8-14(17)9-7-13/h6-9,15H,2-5,10-12H2,1H3. The number of ether oxygens (including phenoxy) is 1. The average Bonchev–Trinajstić information content (AvgIpc) is 2.47. The maximum absolute atomic E-state index is 11.9. The van der Waals surface area contributed by atoms with Gasteiger partial charge in [0.25, 0.3) is 0 Å². The molecule has 0 radical (unpaired) electrons. The third-order valence-electron chi connectivity index (χ3n) is 3.75. The largest absolute Gasteiger partial charge is 0.466 e. The van der Waals surface area contributed by atoms with Crippen LogP contribution < -0.4 is 0 Å². The summed E-state index contributed by atoms with van der Waals surface area (Å²) in [4.78, 5) is 14.3. The fourth-order valence-electron chi connectivity index (χ4n) is 2.75. The van der Waals surface area contributed by atoms with Crippen LogP contribution in [0.4, 0.5) is 0 Å². The Balaban J connectivity index is 2.13. The second-order valence-electron chi connectivity index (χ2n) is 5.17. The van der Waals surface area contributed by atoms with Gasteiger partial charge in [0.15, 0.2) is 0 Å². The van der Waals surface area contributed by atoms with Gasteiger partial charge in [-0.1, -0.05) is 30.2 Å². The van der Waals surface area contributed by atoms with Crippen molar-refractivity contribution in [3.8, 4) is 0 Å². The number of likely N-dealkylation sites (tertiary alicyclic amines) is 1. The van der Waals surface area contributed by atoms with Gasteiger partial charge < -0.3 is 4.74 Å². The maximum Gasteiger partial charge on any atom is 0.307 e. The molecule has 1 saturated heterocycles. The number of carbonyl (C=O) groups is 1. The van der Waals surface area contributed by atoms with E-state index in [1.807, 2.05) is 31.2 Å². The molecule has 0 amide bonds. The van der Waals surface area contributed by atoms with Crippen LogP contribution in [0, 0.1) is 0 Å². The van der Waals surface area contributed by atoms with Gasteiger partial charge in [-0.15, -0.1) is 0 Å². The smallest absolute Gasteiger partial charge is 0.307 e. The molecule has 1 aromatic rings. The van der Waals surface area contributed by atoms with E-state index < -0.39 is 0 Å². The monoisotopic (exact) mass is 295 g/mol. The second kappa shape index (κ2) is 7.65. The SMILES string of the molecule is CCOC(=O)CC(c1ccc(Cl)cc1)N1CCCCC1. The van der Waals surface area contributed by atoms with Gasteiger partial charge in [-0.2, -0.15) is 0 Å². The quantitative estimate of drug-likeness (QED) is 0.774. The molecule has 1 aliphatic heterocycles. The van der Waals surface area contributed by atoms with E-state index in [9.17, 15) is 4.79 Å². The number of halogens is 1. The third-order valence-corrected chi connectivity index (χ3v) is 4.00. The van der Waals surface area contributed by atoms with Gasteiger partial charge >= 0.3 is 5.97 Å². The van der Waals surface area contributed by atoms with Gasteiger partial charge in [0.1, 0.15) is 0 Å². The Morgan fingerprint density at radius 3 is 2.50 bits per heavy atom.